The zero-order valence-corrected chi connectivity index (χ0v) is 15.5. The van der Waals surface area contributed by atoms with Gasteiger partial charge in [-0.3, -0.25) is 0 Å². The van der Waals surface area contributed by atoms with Crippen LogP contribution < -0.4 is 9.47 Å². The number of methoxy groups -OCH3 is 2. The molecular weight excluding hydrogens is 364 g/mol. The lowest BCUT2D eigenvalue weighted by Gasteiger charge is -2.10. The van der Waals surface area contributed by atoms with Crippen LogP contribution in [0.5, 0.6) is 11.5 Å². The summed E-state index contributed by atoms with van der Waals surface area (Å²) in [6.45, 7) is 0. The second-order valence-electron chi connectivity index (χ2n) is 4.76. The first-order chi connectivity index (χ1) is 11.7. The highest BCUT2D eigenvalue weighted by Crippen LogP contribution is 2.39. The van der Waals surface area contributed by atoms with Gasteiger partial charge in [-0.25, -0.2) is 9.97 Å². The molecule has 0 aliphatic carbocycles. The topological polar surface area (TPSA) is 44.2 Å². The van der Waals surface area contributed by atoms with Crippen molar-refractivity contribution in [3.63, 3.8) is 0 Å². The molecule has 0 spiro atoms. The normalized spacial score (nSPS) is 10.6. The summed E-state index contributed by atoms with van der Waals surface area (Å²) >= 11 is 9.28. The van der Waals surface area contributed by atoms with Crippen molar-refractivity contribution in [2.75, 3.05) is 14.2 Å². The van der Waals surface area contributed by atoms with Gasteiger partial charge in [-0.2, -0.15) is 0 Å². The Morgan fingerprint density at radius 3 is 2.79 bits per heavy atom. The number of pyridine rings is 1. The van der Waals surface area contributed by atoms with Crippen LogP contribution in [0.4, 0.5) is 0 Å². The van der Waals surface area contributed by atoms with Gasteiger partial charge in [0.1, 0.15) is 10.0 Å². The third-order valence-electron chi connectivity index (χ3n) is 3.27. The van der Waals surface area contributed by atoms with Crippen molar-refractivity contribution in [1.82, 2.24) is 9.97 Å². The summed E-state index contributed by atoms with van der Waals surface area (Å²) in [7, 11) is 3.26. The Hall–Kier alpha value is -1.76. The summed E-state index contributed by atoms with van der Waals surface area (Å²) in [5.41, 5.74) is 1.90. The average Bonchev–Trinajstić information content (AvgIpc) is 3.09. The third-order valence-corrected chi connectivity index (χ3v) is 5.65. The molecule has 0 fully saturated rings. The molecule has 3 rings (SSSR count). The molecule has 3 aromatic rings. The van der Waals surface area contributed by atoms with Crippen molar-refractivity contribution in [2.24, 2.45) is 0 Å². The van der Waals surface area contributed by atoms with E-state index in [-0.39, 0.29) is 0 Å². The third kappa shape index (κ3) is 3.66. The molecule has 24 heavy (non-hydrogen) atoms. The van der Waals surface area contributed by atoms with E-state index in [0.717, 1.165) is 21.3 Å². The highest BCUT2D eigenvalue weighted by atomic mass is 35.5. The molecule has 0 amide bonds. The number of benzene rings is 1. The molecule has 4 nitrogen and oxygen atoms in total. The molecule has 0 bridgehead atoms. The van der Waals surface area contributed by atoms with E-state index in [1.165, 1.54) is 0 Å². The lowest BCUT2D eigenvalue weighted by molar-refractivity contribution is 0.356. The number of thioether (sulfide) groups is 1. The Labute approximate surface area is 153 Å². The first kappa shape index (κ1) is 17.1. The minimum absolute atomic E-state index is 0.660. The predicted octanol–water partition coefficient (Wildman–Crippen LogP) is 5.17. The molecule has 1 aromatic carbocycles. The second-order valence-corrected chi connectivity index (χ2v) is 6.99. The molecular formula is C17H15ClN2O2S2. The number of hydrogen-bond acceptors (Lipinski definition) is 6. The Morgan fingerprint density at radius 1 is 1.17 bits per heavy atom. The fourth-order valence-electron chi connectivity index (χ4n) is 2.17. The van der Waals surface area contributed by atoms with Crippen LogP contribution in [0.25, 0.3) is 10.6 Å². The number of hydrogen-bond donors (Lipinski definition) is 0. The molecule has 0 N–H and O–H groups in total. The number of rotatable bonds is 6. The van der Waals surface area contributed by atoms with Gasteiger partial charge < -0.3 is 9.47 Å². The number of thiazole rings is 1. The number of aromatic nitrogens is 2. The summed E-state index contributed by atoms with van der Waals surface area (Å²) < 4.78 is 10.8. The Bertz CT molecular complexity index is 839. The fraction of sp³-hybridized carbons (Fsp3) is 0.176. The van der Waals surface area contributed by atoms with Crippen LogP contribution in [0.2, 0.25) is 5.02 Å². The van der Waals surface area contributed by atoms with Gasteiger partial charge in [-0.15, -0.1) is 11.3 Å². The van der Waals surface area contributed by atoms with Crippen molar-refractivity contribution in [3.05, 3.63) is 52.6 Å². The highest BCUT2D eigenvalue weighted by molar-refractivity contribution is 7.98. The largest absolute Gasteiger partial charge is 0.493 e. The van der Waals surface area contributed by atoms with Crippen LogP contribution in [0.3, 0.4) is 0 Å². The lowest BCUT2D eigenvalue weighted by atomic mass is 10.2. The maximum absolute atomic E-state index is 6.13. The van der Waals surface area contributed by atoms with Crippen molar-refractivity contribution in [3.8, 4) is 22.1 Å². The van der Waals surface area contributed by atoms with E-state index >= 15 is 0 Å². The van der Waals surface area contributed by atoms with Crippen LogP contribution in [-0.4, -0.2) is 24.2 Å². The number of halogens is 1. The van der Waals surface area contributed by atoms with Gasteiger partial charge in [-0.1, -0.05) is 29.4 Å². The summed E-state index contributed by atoms with van der Waals surface area (Å²) in [5, 5.41) is 4.41. The molecule has 2 aromatic heterocycles. The SMILES string of the molecule is COc1cccc(-c2nc(CSc3ncccc3Cl)cs2)c1OC. The minimum Gasteiger partial charge on any atom is -0.493 e. The van der Waals surface area contributed by atoms with Crippen LogP contribution in [0.15, 0.2) is 46.9 Å². The van der Waals surface area contributed by atoms with E-state index in [2.05, 4.69) is 4.98 Å². The second kappa shape index (κ2) is 7.88. The van der Waals surface area contributed by atoms with Crippen LogP contribution in [0, 0.1) is 0 Å². The van der Waals surface area contributed by atoms with Gasteiger partial charge in [0.15, 0.2) is 11.5 Å². The molecule has 7 heteroatoms. The Kier molecular flexibility index (Phi) is 5.60. The number of para-hydroxylation sites is 1. The molecule has 0 saturated heterocycles. The van der Waals surface area contributed by atoms with Crippen molar-refractivity contribution < 1.29 is 9.47 Å². The summed E-state index contributed by atoms with van der Waals surface area (Å²) in [4.78, 5) is 8.98. The molecule has 0 saturated carbocycles. The van der Waals surface area contributed by atoms with Crippen molar-refractivity contribution >= 4 is 34.7 Å². The van der Waals surface area contributed by atoms with E-state index in [1.807, 2.05) is 35.7 Å². The van der Waals surface area contributed by atoms with Gasteiger partial charge in [0.25, 0.3) is 0 Å². The van der Waals surface area contributed by atoms with Gasteiger partial charge in [0.05, 0.1) is 30.5 Å². The molecule has 124 valence electrons. The Morgan fingerprint density at radius 2 is 2.04 bits per heavy atom. The van der Waals surface area contributed by atoms with Gasteiger partial charge >= 0.3 is 0 Å². The number of ether oxygens (including phenoxy) is 2. The summed E-state index contributed by atoms with van der Waals surface area (Å²) in [6, 6.07) is 9.44. The average molecular weight is 379 g/mol. The standard InChI is InChI=1S/C17H15ClN2O2S2/c1-21-14-7-3-5-12(15(14)22-2)16-20-11(9-23-16)10-24-17-13(18)6-4-8-19-17/h3-9H,10H2,1-2H3. The minimum atomic E-state index is 0.660. The molecule has 0 atom stereocenters. The van der Waals surface area contributed by atoms with Gasteiger partial charge in [0, 0.05) is 17.3 Å². The fourth-order valence-corrected chi connectivity index (χ4v) is 4.18. The quantitative estimate of drug-likeness (QED) is 0.554. The van der Waals surface area contributed by atoms with Crippen LogP contribution in [0.1, 0.15) is 5.69 Å². The number of nitrogens with zero attached hydrogens (tertiary/aromatic N) is 2. The molecule has 0 radical (unpaired) electrons. The van der Waals surface area contributed by atoms with Crippen LogP contribution >= 0.6 is 34.7 Å². The monoisotopic (exact) mass is 378 g/mol. The summed E-state index contributed by atoms with van der Waals surface area (Å²) in [5.74, 6) is 2.10. The van der Waals surface area contributed by atoms with Gasteiger partial charge in [-0.05, 0) is 24.3 Å². The van der Waals surface area contributed by atoms with Crippen molar-refractivity contribution in [1.29, 1.82) is 0 Å². The molecule has 0 aliphatic rings. The smallest absolute Gasteiger partial charge is 0.170 e. The van der Waals surface area contributed by atoms with E-state index in [1.54, 1.807) is 43.5 Å². The zero-order valence-electron chi connectivity index (χ0n) is 13.2. The van der Waals surface area contributed by atoms with Crippen molar-refractivity contribution in [2.45, 2.75) is 10.8 Å². The van der Waals surface area contributed by atoms with E-state index in [9.17, 15) is 0 Å². The molecule has 0 aliphatic heterocycles. The van der Waals surface area contributed by atoms with E-state index in [0.29, 0.717) is 22.3 Å². The maximum atomic E-state index is 6.13. The van der Waals surface area contributed by atoms with E-state index in [4.69, 9.17) is 26.1 Å². The Balaban J connectivity index is 1.80. The summed E-state index contributed by atoms with van der Waals surface area (Å²) in [6.07, 6.45) is 1.74. The first-order valence-electron chi connectivity index (χ1n) is 7.12. The molecule has 2 heterocycles. The molecule has 0 unspecified atom stereocenters. The first-order valence-corrected chi connectivity index (χ1v) is 9.36. The van der Waals surface area contributed by atoms with Crippen LogP contribution in [-0.2, 0) is 5.75 Å². The maximum Gasteiger partial charge on any atom is 0.170 e. The van der Waals surface area contributed by atoms with Gasteiger partial charge in [0.2, 0.25) is 0 Å². The van der Waals surface area contributed by atoms with E-state index < -0.39 is 0 Å². The highest BCUT2D eigenvalue weighted by Gasteiger charge is 2.15. The lowest BCUT2D eigenvalue weighted by Crippen LogP contribution is -1.93. The predicted molar refractivity (Wildman–Crippen MR) is 99.5 cm³/mol. The zero-order chi connectivity index (χ0) is 16.9.